The topological polar surface area (TPSA) is 45.7 Å². The van der Waals surface area contributed by atoms with Crippen LogP contribution in [0.15, 0.2) is 0 Å². The van der Waals surface area contributed by atoms with Gasteiger partial charge in [0, 0.05) is 6.04 Å². The van der Waals surface area contributed by atoms with Gasteiger partial charge in [-0.25, -0.2) is 0 Å². The highest BCUT2D eigenvalue weighted by Gasteiger charge is 2.53. The van der Waals surface area contributed by atoms with Crippen LogP contribution in [0.25, 0.3) is 0 Å². The van der Waals surface area contributed by atoms with Crippen LogP contribution in [0.4, 0.5) is 0 Å². The first-order valence-electron chi connectivity index (χ1n) is 7.68. The van der Waals surface area contributed by atoms with E-state index in [9.17, 15) is 4.79 Å². The van der Waals surface area contributed by atoms with Gasteiger partial charge in [-0.2, -0.15) is 0 Å². The highest BCUT2D eigenvalue weighted by Crippen LogP contribution is 2.61. The van der Waals surface area contributed by atoms with Crippen molar-refractivity contribution in [1.29, 1.82) is 0 Å². The predicted octanol–water partition coefficient (Wildman–Crippen LogP) is 0.901. The van der Waals surface area contributed by atoms with Crippen molar-refractivity contribution in [2.75, 3.05) is 13.6 Å². The number of rotatable bonds is 4. The summed E-state index contributed by atoms with van der Waals surface area (Å²) in [5.74, 6) is 3.11. The smallest absolute Gasteiger partial charge is 0.275 e. The zero-order valence-electron chi connectivity index (χ0n) is 11.7. The van der Waals surface area contributed by atoms with Crippen molar-refractivity contribution in [2.24, 2.45) is 23.2 Å². The molecule has 0 spiro atoms. The minimum atomic E-state index is 0.209. The van der Waals surface area contributed by atoms with Gasteiger partial charge in [-0.15, -0.1) is 0 Å². The Balaban J connectivity index is 1.69. The molecule has 4 aliphatic carbocycles. The van der Waals surface area contributed by atoms with E-state index in [1.165, 1.54) is 38.5 Å². The first-order valence-corrected chi connectivity index (χ1v) is 7.68. The molecule has 4 fully saturated rings. The van der Waals surface area contributed by atoms with E-state index >= 15 is 0 Å². The fraction of sp³-hybridized carbons (Fsp3) is 0.933. The minimum absolute atomic E-state index is 0.209. The molecule has 102 valence electrons. The third kappa shape index (κ3) is 2.07. The standard InChI is InChI=1S/C15H26N2O/c1-10(17-14(18)9-16-2)15-6-11-3-12(7-15)5-13(4-11)8-15/h10-13,16H,3-9H2,1-2H3,(H,17,18)/p+1/t10-,11?,12?,13?,15?/m1/s1. The van der Waals surface area contributed by atoms with Crippen LogP contribution in [0.3, 0.4) is 0 Å². The molecule has 0 saturated heterocycles. The quantitative estimate of drug-likeness (QED) is 0.766. The Morgan fingerprint density at radius 2 is 1.72 bits per heavy atom. The summed E-state index contributed by atoms with van der Waals surface area (Å²) >= 11 is 0. The van der Waals surface area contributed by atoms with E-state index in [4.69, 9.17) is 0 Å². The van der Waals surface area contributed by atoms with Crippen molar-refractivity contribution in [3.05, 3.63) is 0 Å². The molecule has 0 radical (unpaired) electrons. The Labute approximate surface area is 110 Å². The molecular weight excluding hydrogens is 224 g/mol. The number of carbonyl (C=O) groups excluding carboxylic acids is 1. The van der Waals surface area contributed by atoms with Crippen LogP contribution in [-0.4, -0.2) is 25.5 Å². The molecule has 0 heterocycles. The molecule has 0 aliphatic heterocycles. The van der Waals surface area contributed by atoms with Gasteiger partial charge in [0.2, 0.25) is 0 Å². The molecule has 4 rings (SSSR count). The van der Waals surface area contributed by atoms with Crippen LogP contribution >= 0.6 is 0 Å². The molecule has 0 unspecified atom stereocenters. The third-order valence-electron chi connectivity index (χ3n) is 5.77. The Hall–Kier alpha value is -0.570. The van der Waals surface area contributed by atoms with Gasteiger partial charge in [0.15, 0.2) is 6.54 Å². The van der Waals surface area contributed by atoms with Gasteiger partial charge in [0.1, 0.15) is 0 Å². The molecular formula is C15H27N2O+. The zero-order valence-corrected chi connectivity index (χ0v) is 11.7. The Morgan fingerprint density at radius 3 is 2.17 bits per heavy atom. The second-order valence-corrected chi connectivity index (χ2v) is 7.18. The van der Waals surface area contributed by atoms with E-state index in [1.807, 2.05) is 12.4 Å². The lowest BCUT2D eigenvalue weighted by Gasteiger charge is -2.59. The number of quaternary nitrogens is 1. The Kier molecular flexibility index (Phi) is 3.13. The molecule has 3 nitrogen and oxygen atoms in total. The van der Waals surface area contributed by atoms with Gasteiger partial charge in [-0.1, -0.05) is 0 Å². The number of carbonyl (C=O) groups is 1. The largest absolute Gasteiger partial charge is 0.348 e. The summed E-state index contributed by atoms with van der Waals surface area (Å²) < 4.78 is 0. The average Bonchev–Trinajstić information content (AvgIpc) is 2.27. The van der Waals surface area contributed by atoms with Gasteiger partial charge in [-0.3, -0.25) is 4.79 Å². The molecule has 0 aromatic rings. The van der Waals surface area contributed by atoms with E-state index in [2.05, 4.69) is 12.2 Å². The number of hydrogen-bond donors (Lipinski definition) is 2. The van der Waals surface area contributed by atoms with Crippen molar-refractivity contribution < 1.29 is 10.1 Å². The summed E-state index contributed by atoms with van der Waals surface area (Å²) in [5, 5.41) is 5.21. The van der Waals surface area contributed by atoms with Crippen LogP contribution in [0.1, 0.15) is 45.4 Å². The normalized spacial score (nSPS) is 42.9. The molecule has 4 saturated carbocycles. The van der Waals surface area contributed by atoms with Crippen LogP contribution in [-0.2, 0) is 4.79 Å². The van der Waals surface area contributed by atoms with E-state index in [-0.39, 0.29) is 5.91 Å². The molecule has 4 aliphatic rings. The van der Waals surface area contributed by atoms with Crippen molar-refractivity contribution in [3.63, 3.8) is 0 Å². The molecule has 4 bridgehead atoms. The summed E-state index contributed by atoms with van der Waals surface area (Å²) in [7, 11) is 1.95. The van der Waals surface area contributed by atoms with Gasteiger partial charge >= 0.3 is 0 Å². The van der Waals surface area contributed by atoms with E-state index in [0.29, 0.717) is 18.0 Å². The molecule has 1 amide bonds. The highest BCUT2D eigenvalue weighted by molar-refractivity contribution is 5.77. The van der Waals surface area contributed by atoms with Crippen molar-refractivity contribution >= 4 is 5.91 Å². The summed E-state index contributed by atoms with van der Waals surface area (Å²) in [6.07, 6.45) is 8.54. The maximum atomic E-state index is 11.8. The number of nitrogens with two attached hydrogens (primary N) is 1. The van der Waals surface area contributed by atoms with Crippen LogP contribution in [0, 0.1) is 23.2 Å². The number of likely N-dealkylation sites (N-methyl/N-ethyl adjacent to an activating group) is 1. The molecule has 18 heavy (non-hydrogen) atoms. The van der Waals surface area contributed by atoms with E-state index in [0.717, 1.165) is 17.8 Å². The third-order valence-corrected chi connectivity index (χ3v) is 5.77. The maximum Gasteiger partial charge on any atom is 0.275 e. The second-order valence-electron chi connectivity index (χ2n) is 7.18. The van der Waals surface area contributed by atoms with Gasteiger partial charge in [-0.05, 0) is 68.6 Å². The van der Waals surface area contributed by atoms with E-state index < -0.39 is 0 Å². The summed E-state index contributed by atoms with van der Waals surface area (Å²) in [4.78, 5) is 11.8. The van der Waals surface area contributed by atoms with Gasteiger partial charge < -0.3 is 10.6 Å². The lowest BCUT2D eigenvalue weighted by Crippen LogP contribution is -2.82. The van der Waals surface area contributed by atoms with Crippen molar-refractivity contribution in [2.45, 2.75) is 51.5 Å². The fourth-order valence-corrected chi connectivity index (χ4v) is 5.35. The number of amides is 1. The highest BCUT2D eigenvalue weighted by atomic mass is 16.1. The minimum Gasteiger partial charge on any atom is -0.348 e. The molecule has 0 aromatic heterocycles. The molecule has 3 heteroatoms. The van der Waals surface area contributed by atoms with Crippen LogP contribution < -0.4 is 10.6 Å². The Morgan fingerprint density at radius 1 is 1.22 bits per heavy atom. The summed E-state index contributed by atoms with van der Waals surface area (Å²) in [6.45, 7) is 2.82. The first kappa shape index (κ1) is 12.5. The monoisotopic (exact) mass is 251 g/mol. The second kappa shape index (κ2) is 4.52. The number of hydrogen-bond acceptors (Lipinski definition) is 1. The van der Waals surface area contributed by atoms with Gasteiger partial charge in [0.25, 0.3) is 5.91 Å². The predicted molar refractivity (Wildman–Crippen MR) is 70.9 cm³/mol. The van der Waals surface area contributed by atoms with Gasteiger partial charge in [0.05, 0.1) is 7.05 Å². The molecule has 3 N–H and O–H groups in total. The average molecular weight is 251 g/mol. The fourth-order valence-electron chi connectivity index (χ4n) is 5.35. The molecule has 1 atom stereocenters. The lowest BCUT2D eigenvalue weighted by molar-refractivity contribution is -0.615. The van der Waals surface area contributed by atoms with Crippen molar-refractivity contribution in [3.8, 4) is 0 Å². The SMILES string of the molecule is C[NH2+]CC(=O)N[C@H](C)C12CC3CC(CC(C3)C1)C2. The van der Waals surface area contributed by atoms with Crippen molar-refractivity contribution in [1.82, 2.24) is 5.32 Å². The first-order chi connectivity index (χ1) is 8.61. The van der Waals surface area contributed by atoms with E-state index in [1.54, 1.807) is 0 Å². The summed E-state index contributed by atoms with van der Waals surface area (Å²) in [6, 6.07) is 0.373. The summed E-state index contributed by atoms with van der Waals surface area (Å²) in [5.41, 5.74) is 0.443. The van der Waals surface area contributed by atoms with Crippen LogP contribution in [0.2, 0.25) is 0 Å². The molecule has 0 aromatic carbocycles. The number of nitrogens with one attached hydrogen (secondary N) is 1. The van der Waals surface area contributed by atoms with Crippen LogP contribution in [0.5, 0.6) is 0 Å². The lowest BCUT2D eigenvalue weighted by atomic mass is 9.48. The zero-order chi connectivity index (χ0) is 12.8. The maximum absolute atomic E-state index is 11.8. The Bertz CT molecular complexity index is 304.